The molecule has 3 rings (SSSR count). The molecular weight excluding hydrogens is 272 g/mol. The molecule has 3 heteroatoms. The molecular formula is C19H28N2O. The Kier molecular flexibility index (Phi) is 5.01. The molecule has 22 heavy (non-hydrogen) atoms. The highest BCUT2D eigenvalue weighted by Crippen LogP contribution is 2.49. The lowest BCUT2D eigenvalue weighted by atomic mass is 9.86. The summed E-state index contributed by atoms with van der Waals surface area (Å²) in [5.74, 6) is 2.72. The van der Waals surface area contributed by atoms with Gasteiger partial charge in [-0.2, -0.15) is 0 Å². The normalized spacial score (nSPS) is 26.1. The predicted molar refractivity (Wildman–Crippen MR) is 90.9 cm³/mol. The van der Waals surface area contributed by atoms with Gasteiger partial charge in [0.05, 0.1) is 0 Å². The third-order valence-corrected chi connectivity index (χ3v) is 5.52. The molecule has 0 aliphatic heterocycles. The topological polar surface area (TPSA) is 32.3 Å². The SMILES string of the molecule is CN(CCCNC(=O)CC1CC2CCC1C2)c1ccccc1. The van der Waals surface area contributed by atoms with Crippen LogP contribution in [0.3, 0.4) is 0 Å². The lowest BCUT2D eigenvalue weighted by Crippen LogP contribution is -2.30. The van der Waals surface area contributed by atoms with Crippen molar-refractivity contribution in [2.45, 2.75) is 38.5 Å². The molecule has 2 aliphatic rings. The minimum absolute atomic E-state index is 0.264. The molecule has 0 spiro atoms. The highest BCUT2D eigenvalue weighted by molar-refractivity contribution is 5.76. The molecule has 0 saturated heterocycles. The van der Waals surface area contributed by atoms with Gasteiger partial charge in [-0.05, 0) is 55.6 Å². The van der Waals surface area contributed by atoms with E-state index >= 15 is 0 Å². The maximum atomic E-state index is 12.1. The number of fused-ring (bicyclic) bond motifs is 2. The molecule has 0 radical (unpaired) electrons. The Morgan fingerprint density at radius 3 is 2.73 bits per heavy atom. The number of amides is 1. The number of para-hydroxylation sites is 1. The quantitative estimate of drug-likeness (QED) is 0.782. The minimum atomic E-state index is 0.264. The zero-order chi connectivity index (χ0) is 15.4. The number of carbonyl (C=O) groups is 1. The van der Waals surface area contributed by atoms with Gasteiger partial charge in [-0.25, -0.2) is 0 Å². The van der Waals surface area contributed by atoms with E-state index in [0.717, 1.165) is 37.8 Å². The summed E-state index contributed by atoms with van der Waals surface area (Å²) in [6.45, 7) is 1.76. The van der Waals surface area contributed by atoms with Gasteiger partial charge >= 0.3 is 0 Å². The number of anilines is 1. The smallest absolute Gasteiger partial charge is 0.220 e. The first-order chi connectivity index (χ1) is 10.7. The summed E-state index contributed by atoms with van der Waals surface area (Å²) in [6.07, 6.45) is 7.22. The minimum Gasteiger partial charge on any atom is -0.375 e. The molecule has 1 amide bonds. The Morgan fingerprint density at radius 2 is 2.05 bits per heavy atom. The van der Waals surface area contributed by atoms with Crippen molar-refractivity contribution < 1.29 is 4.79 Å². The van der Waals surface area contributed by atoms with Gasteiger partial charge in [0.25, 0.3) is 0 Å². The maximum Gasteiger partial charge on any atom is 0.220 e. The molecule has 120 valence electrons. The van der Waals surface area contributed by atoms with E-state index < -0.39 is 0 Å². The lowest BCUT2D eigenvalue weighted by Gasteiger charge is -2.21. The van der Waals surface area contributed by atoms with Gasteiger partial charge in [0, 0.05) is 32.2 Å². The molecule has 3 atom stereocenters. The van der Waals surface area contributed by atoms with E-state index in [2.05, 4.69) is 41.5 Å². The van der Waals surface area contributed by atoms with Crippen LogP contribution in [0.2, 0.25) is 0 Å². The molecule has 2 fully saturated rings. The zero-order valence-corrected chi connectivity index (χ0v) is 13.6. The summed E-state index contributed by atoms with van der Waals surface area (Å²) < 4.78 is 0. The van der Waals surface area contributed by atoms with E-state index in [-0.39, 0.29) is 5.91 Å². The Bertz CT molecular complexity index is 487. The van der Waals surface area contributed by atoms with Crippen molar-refractivity contribution in [1.29, 1.82) is 0 Å². The lowest BCUT2D eigenvalue weighted by molar-refractivity contribution is -0.122. The van der Waals surface area contributed by atoms with Crippen molar-refractivity contribution in [2.75, 3.05) is 25.0 Å². The number of rotatable bonds is 7. The summed E-state index contributed by atoms with van der Waals surface area (Å²) in [5.41, 5.74) is 1.23. The maximum absolute atomic E-state index is 12.1. The Morgan fingerprint density at radius 1 is 1.23 bits per heavy atom. The van der Waals surface area contributed by atoms with E-state index in [9.17, 15) is 4.79 Å². The fourth-order valence-electron chi connectivity index (χ4n) is 4.29. The van der Waals surface area contributed by atoms with E-state index in [0.29, 0.717) is 5.92 Å². The molecule has 1 aromatic rings. The number of benzene rings is 1. The summed E-state index contributed by atoms with van der Waals surface area (Å²) in [4.78, 5) is 14.3. The van der Waals surface area contributed by atoms with Crippen molar-refractivity contribution in [3.63, 3.8) is 0 Å². The van der Waals surface area contributed by atoms with E-state index in [1.807, 2.05) is 6.07 Å². The first-order valence-corrected chi connectivity index (χ1v) is 8.75. The van der Waals surface area contributed by atoms with Crippen LogP contribution in [-0.4, -0.2) is 26.0 Å². The number of hydrogen-bond acceptors (Lipinski definition) is 2. The van der Waals surface area contributed by atoms with Crippen LogP contribution >= 0.6 is 0 Å². The van der Waals surface area contributed by atoms with Crippen LogP contribution in [0.4, 0.5) is 5.69 Å². The second kappa shape index (κ2) is 7.17. The van der Waals surface area contributed by atoms with Crippen LogP contribution in [0.1, 0.15) is 38.5 Å². The van der Waals surface area contributed by atoms with Crippen molar-refractivity contribution in [3.8, 4) is 0 Å². The fourth-order valence-corrected chi connectivity index (χ4v) is 4.29. The Hall–Kier alpha value is -1.51. The first kappa shape index (κ1) is 15.4. The van der Waals surface area contributed by atoms with E-state index in [4.69, 9.17) is 0 Å². The average Bonchev–Trinajstić information content (AvgIpc) is 3.15. The van der Waals surface area contributed by atoms with Gasteiger partial charge in [-0.15, -0.1) is 0 Å². The van der Waals surface area contributed by atoms with Crippen molar-refractivity contribution in [1.82, 2.24) is 5.32 Å². The summed E-state index contributed by atoms with van der Waals surface area (Å²) in [7, 11) is 2.10. The first-order valence-electron chi connectivity index (χ1n) is 8.75. The molecule has 0 heterocycles. The van der Waals surface area contributed by atoms with Crippen LogP contribution in [-0.2, 0) is 4.79 Å². The average molecular weight is 300 g/mol. The molecule has 3 nitrogen and oxygen atoms in total. The molecule has 2 aliphatic carbocycles. The van der Waals surface area contributed by atoms with Crippen LogP contribution < -0.4 is 10.2 Å². The number of hydrogen-bond donors (Lipinski definition) is 1. The standard InChI is InChI=1S/C19H28N2O/c1-21(18-6-3-2-4-7-18)11-5-10-20-19(22)14-17-13-15-8-9-16(17)12-15/h2-4,6-7,15-17H,5,8-14H2,1H3,(H,20,22). The van der Waals surface area contributed by atoms with E-state index in [1.165, 1.54) is 31.4 Å². The summed E-state index contributed by atoms with van der Waals surface area (Å²) in [5, 5.41) is 3.11. The third kappa shape index (κ3) is 3.82. The largest absolute Gasteiger partial charge is 0.375 e. The van der Waals surface area contributed by atoms with Crippen LogP contribution in [0.5, 0.6) is 0 Å². The van der Waals surface area contributed by atoms with Gasteiger partial charge in [-0.3, -0.25) is 4.79 Å². The molecule has 3 unspecified atom stereocenters. The highest BCUT2D eigenvalue weighted by atomic mass is 16.1. The second-order valence-electron chi connectivity index (χ2n) is 7.10. The van der Waals surface area contributed by atoms with Gasteiger partial charge in [0.1, 0.15) is 0 Å². The molecule has 2 bridgehead atoms. The number of nitrogens with one attached hydrogen (secondary N) is 1. The number of carbonyl (C=O) groups excluding carboxylic acids is 1. The van der Waals surface area contributed by atoms with Crippen LogP contribution in [0.15, 0.2) is 30.3 Å². The van der Waals surface area contributed by atoms with Gasteiger partial charge < -0.3 is 10.2 Å². The zero-order valence-electron chi connectivity index (χ0n) is 13.6. The van der Waals surface area contributed by atoms with Crippen molar-refractivity contribution in [3.05, 3.63) is 30.3 Å². The van der Waals surface area contributed by atoms with Gasteiger partial charge in [-0.1, -0.05) is 24.6 Å². The number of nitrogens with zero attached hydrogens (tertiary/aromatic N) is 1. The molecule has 1 aromatic carbocycles. The van der Waals surface area contributed by atoms with Gasteiger partial charge in [0.2, 0.25) is 5.91 Å². The third-order valence-electron chi connectivity index (χ3n) is 5.52. The van der Waals surface area contributed by atoms with Crippen molar-refractivity contribution in [2.24, 2.45) is 17.8 Å². The highest BCUT2D eigenvalue weighted by Gasteiger charge is 2.39. The van der Waals surface area contributed by atoms with E-state index in [1.54, 1.807) is 0 Å². The Labute approximate surface area is 134 Å². The summed E-state index contributed by atoms with van der Waals surface area (Å²) >= 11 is 0. The van der Waals surface area contributed by atoms with Crippen LogP contribution in [0.25, 0.3) is 0 Å². The predicted octanol–water partition coefficient (Wildman–Crippen LogP) is 3.46. The second-order valence-corrected chi connectivity index (χ2v) is 7.10. The van der Waals surface area contributed by atoms with Gasteiger partial charge in [0.15, 0.2) is 0 Å². The molecule has 0 aromatic heterocycles. The molecule has 1 N–H and O–H groups in total. The summed E-state index contributed by atoms with van der Waals surface area (Å²) in [6, 6.07) is 10.4. The fraction of sp³-hybridized carbons (Fsp3) is 0.632. The molecule has 2 saturated carbocycles. The van der Waals surface area contributed by atoms with Crippen LogP contribution in [0, 0.1) is 17.8 Å². The van der Waals surface area contributed by atoms with Crippen molar-refractivity contribution >= 4 is 11.6 Å². The monoisotopic (exact) mass is 300 g/mol. The Balaban J connectivity index is 1.31.